The van der Waals surface area contributed by atoms with Crippen LogP contribution in [0.3, 0.4) is 0 Å². The second kappa shape index (κ2) is 10.0. The molecule has 2 rings (SSSR count). The van der Waals surface area contributed by atoms with E-state index in [0.29, 0.717) is 6.54 Å². The molecule has 0 atom stereocenters. The van der Waals surface area contributed by atoms with Crippen LogP contribution in [0.5, 0.6) is 0 Å². The number of H-pyrrole nitrogens is 1. The number of primary amides is 1. The lowest BCUT2D eigenvalue weighted by Gasteiger charge is -2.26. The second-order valence-electron chi connectivity index (χ2n) is 4.53. The number of anilines is 1. The van der Waals surface area contributed by atoms with Gasteiger partial charge in [-0.05, 0) is 6.07 Å². The molecule has 0 aliphatic carbocycles. The zero-order valence-electron chi connectivity index (χ0n) is 11.0. The van der Waals surface area contributed by atoms with Gasteiger partial charge >= 0.3 is 5.82 Å². The number of aromatic amines is 1. The minimum atomic E-state index is -0.220. The first kappa shape index (κ1) is 21.5. The first-order valence-corrected chi connectivity index (χ1v) is 5.89. The van der Waals surface area contributed by atoms with Crippen LogP contribution in [-0.4, -0.2) is 38.6 Å². The maximum Gasteiger partial charge on any atom is 0.366 e. The van der Waals surface area contributed by atoms with Crippen molar-refractivity contribution in [3.63, 3.8) is 0 Å². The van der Waals surface area contributed by atoms with Gasteiger partial charge in [-0.15, -0.1) is 0 Å². The molecule has 0 unspecified atom stereocenters. The van der Waals surface area contributed by atoms with Crippen LogP contribution in [0.15, 0.2) is 18.3 Å². The molecule has 20 heavy (non-hydrogen) atoms. The van der Waals surface area contributed by atoms with Crippen LogP contribution in [0.1, 0.15) is 0 Å². The van der Waals surface area contributed by atoms with Crippen LogP contribution < -0.4 is 63.5 Å². The van der Waals surface area contributed by atoms with E-state index in [1.807, 2.05) is 18.3 Å². The fraction of sp³-hybridized carbons (Fsp3) is 0.455. The number of pyridine rings is 1. The van der Waals surface area contributed by atoms with Gasteiger partial charge in [0.2, 0.25) is 0 Å². The van der Waals surface area contributed by atoms with Gasteiger partial charge in [-0.1, -0.05) is 0 Å². The number of nitrogen functional groups attached to an aromatic ring is 1. The standard InChI is InChI=1S/C11H17N5O.3ClH/c12-9-1-2-11(14-7-9)16-5-3-15(4-6-16)8-10(13)17;;;/h1-2,7H,3-6,8,12H2,(H2,13,17);3*1H. The maximum atomic E-state index is 10.8. The molecule has 0 radical (unpaired) electrons. The van der Waals surface area contributed by atoms with Crippen molar-refractivity contribution in [2.24, 2.45) is 5.73 Å². The molecule has 9 heteroatoms. The van der Waals surface area contributed by atoms with E-state index < -0.39 is 0 Å². The highest BCUT2D eigenvalue weighted by molar-refractivity contribution is 5.74. The Morgan fingerprint density at radius 3 is 2.20 bits per heavy atom. The molecule has 0 spiro atoms. The first-order valence-electron chi connectivity index (χ1n) is 5.89. The van der Waals surface area contributed by atoms with Crippen LogP contribution in [0.4, 0.5) is 11.5 Å². The Kier molecular flexibility index (Phi) is 10.8. The highest BCUT2D eigenvalue weighted by Crippen LogP contribution is 1.96. The third kappa shape index (κ3) is 6.11. The molecular formula is C11H20Cl3N5O. The van der Waals surface area contributed by atoms with E-state index >= 15 is 0 Å². The molecule has 7 N–H and O–H groups in total. The number of carbonyl (C=O) groups is 1. The first-order chi connectivity index (χ1) is 8.15. The van der Waals surface area contributed by atoms with E-state index in [0.717, 1.165) is 37.7 Å². The molecular weight excluding hydrogens is 325 g/mol. The molecule has 1 aromatic heterocycles. The molecule has 1 aliphatic rings. The third-order valence-electron chi connectivity index (χ3n) is 3.20. The Morgan fingerprint density at radius 2 is 1.75 bits per heavy atom. The Hall–Kier alpha value is -0.790. The van der Waals surface area contributed by atoms with Crippen molar-refractivity contribution in [3.05, 3.63) is 18.3 Å². The molecule has 116 valence electrons. The van der Waals surface area contributed by atoms with Gasteiger partial charge in [0.15, 0.2) is 12.7 Å². The number of carbonyl (C=O) groups excluding carboxylic acids is 1. The number of quaternary nitrogens is 2. The number of amides is 1. The minimum Gasteiger partial charge on any atom is -1.00 e. The molecule has 1 aliphatic heterocycles. The van der Waals surface area contributed by atoms with E-state index in [9.17, 15) is 4.79 Å². The molecule has 1 saturated heterocycles. The summed E-state index contributed by atoms with van der Waals surface area (Å²) in [6, 6.07) is 3.92. The van der Waals surface area contributed by atoms with E-state index in [-0.39, 0.29) is 43.1 Å². The fourth-order valence-electron chi connectivity index (χ4n) is 2.25. The van der Waals surface area contributed by atoms with Crippen LogP contribution in [0.2, 0.25) is 0 Å². The van der Waals surface area contributed by atoms with Crippen molar-refractivity contribution in [1.82, 2.24) is 0 Å². The summed E-state index contributed by atoms with van der Waals surface area (Å²) in [5.74, 6) is 0.930. The van der Waals surface area contributed by atoms with Crippen molar-refractivity contribution in [2.45, 2.75) is 0 Å². The Labute approximate surface area is 137 Å². The SMILES string of the molecule is NC(=O)C[NH+]1CC[NH+](c2ccc(N)c[nH+]2)CC1.[Cl-].[Cl-].[Cl-]. The highest BCUT2D eigenvalue weighted by Gasteiger charge is 2.28. The lowest BCUT2D eigenvalue weighted by Crippen LogP contribution is -3.27. The summed E-state index contributed by atoms with van der Waals surface area (Å²) in [7, 11) is 0. The molecule has 6 nitrogen and oxygen atoms in total. The Morgan fingerprint density at radius 1 is 1.15 bits per heavy atom. The number of rotatable bonds is 3. The number of hydrogen-bond donors (Lipinski definition) is 4. The zero-order valence-corrected chi connectivity index (χ0v) is 13.2. The molecule has 0 aromatic carbocycles. The number of nitrogens with two attached hydrogens (primary N) is 2. The van der Waals surface area contributed by atoms with Crippen LogP contribution in [0.25, 0.3) is 0 Å². The Balaban J connectivity index is 0. The van der Waals surface area contributed by atoms with Crippen LogP contribution in [-0.2, 0) is 4.79 Å². The Bertz CT molecular complexity index is 396. The summed E-state index contributed by atoms with van der Waals surface area (Å²) >= 11 is 0. The predicted octanol–water partition coefficient (Wildman–Crippen LogP) is -13.0. The predicted molar refractivity (Wildman–Crippen MR) is 62.5 cm³/mol. The maximum absolute atomic E-state index is 10.8. The van der Waals surface area contributed by atoms with Crippen molar-refractivity contribution in [2.75, 3.05) is 38.5 Å². The number of hydrogen-bond acceptors (Lipinski definition) is 2. The third-order valence-corrected chi connectivity index (χ3v) is 3.20. The quantitative estimate of drug-likeness (QED) is 0.438. The topological polar surface area (TPSA) is 92.1 Å². The van der Waals surface area contributed by atoms with Gasteiger partial charge in [-0.3, -0.25) is 4.79 Å². The molecule has 1 aromatic rings. The lowest BCUT2D eigenvalue weighted by molar-refractivity contribution is -0.992. The minimum absolute atomic E-state index is 0. The zero-order chi connectivity index (χ0) is 12.3. The van der Waals surface area contributed by atoms with Crippen LogP contribution in [0, 0.1) is 0 Å². The summed E-state index contributed by atoms with van der Waals surface area (Å²) < 4.78 is 0. The molecule has 1 amide bonds. The van der Waals surface area contributed by atoms with E-state index in [4.69, 9.17) is 11.5 Å². The molecule has 1 fully saturated rings. The summed E-state index contributed by atoms with van der Waals surface area (Å²) in [4.78, 5) is 16.7. The van der Waals surface area contributed by atoms with Gasteiger partial charge in [-0.25, -0.2) is 4.90 Å². The number of nitrogens with one attached hydrogen (secondary N) is 3. The smallest absolute Gasteiger partial charge is 0.366 e. The van der Waals surface area contributed by atoms with Crippen molar-refractivity contribution in [3.8, 4) is 0 Å². The van der Waals surface area contributed by atoms with Gasteiger partial charge < -0.3 is 53.6 Å². The second-order valence-corrected chi connectivity index (χ2v) is 4.53. The van der Waals surface area contributed by atoms with E-state index in [2.05, 4.69) is 4.98 Å². The van der Waals surface area contributed by atoms with Gasteiger partial charge in [0.1, 0.15) is 26.2 Å². The summed E-state index contributed by atoms with van der Waals surface area (Å²) in [6.07, 6.45) is 1.81. The molecule has 2 heterocycles. The highest BCUT2D eigenvalue weighted by atomic mass is 35.5. The monoisotopic (exact) mass is 343 g/mol. The summed E-state index contributed by atoms with van der Waals surface area (Å²) in [5.41, 5.74) is 11.6. The number of halogens is 3. The lowest BCUT2D eigenvalue weighted by atomic mass is 10.3. The fourth-order valence-corrected chi connectivity index (χ4v) is 2.25. The van der Waals surface area contributed by atoms with Crippen LogP contribution >= 0.6 is 0 Å². The molecule has 0 saturated carbocycles. The van der Waals surface area contributed by atoms with Gasteiger partial charge in [0.25, 0.3) is 5.91 Å². The largest absolute Gasteiger partial charge is 1.00 e. The average molecular weight is 345 g/mol. The van der Waals surface area contributed by atoms with E-state index in [1.54, 1.807) is 0 Å². The molecule has 0 bridgehead atoms. The number of aromatic nitrogens is 1. The van der Waals surface area contributed by atoms with Gasteiger partial charge in [0.05, 0.1) is 11.8 Å². The van der Waals surface area contributed by atoms with Gasteiger partial charge in [0, 0.05) is 0 Å². The van der Waals surface area contributed by atoms with E-state index in [1.165, 1.54) is 9.80 Å². The van der Waals surface area contributed by atoms with Crippen molar-refractivity contribution < 1.29 is 56.8 Å². The van der Waals surface area contributed by atoms with Crippen molar-refractivity contribution in [1.29, 1.82) is 0 Å². The normalized spacial score (nSPS) is 20.8. The van der Waals surface area contributed by atoms with Gasteiger partial charge in [-0.2, -0.15) is 4.98 Å². The average Bonchev–Trinajstić information content (AvgIpc) is 2.30. The van der Waals surface area contributed by atoms with Crippen molar-refractivity contribution >= 4 is 17.4 Å². The summed E-state index contributed by atoms with van der Waals surface area (Å²) in [5, 5.41) is 0. The summed E-state index contributed by atoms with van der Waals surface area (Å²) in [6.45, 7) is 4.39. The number of piperazine rings is 1.